The molecule has 1 heterocycles. The Morgan fingerprint density at radius 3 is 2.56 bits per heavy atom. The van der Waals surface area contributed by atoms with Gasteiger partial charge in [-0.2, -0.15) is 0 Å². The Balaban J connectivity index is 1.86. The van der Waals surface area contributed by atoms with Crippen LogP contribution in [0.5, 0.6) is 5.75 Å². The van der Waals surface area contributed by atoms with Crippen LogP contribution in [0.25, 0.3) is 0 Å². The molecule has 1 saturated heterocycles. The first-order valence-electron chi connectivity index (χ1n) is 8.96. The van der Waals surface area contributed by atoms with E-state index < -0.39 is 0 Å². The molecule has 1 N–H and O–H groups in total. The second-order valence-electron chi connectivity index (χ2n) is 6.62. The Labute approximate surface area is 150 Å². The van der Waals surface area contributed by atoms with Crippen LogP contribution in [-0.4, -0.2) is 61.4 Å². The number of carbonyl (C=O) groups excluding carboxylic acids is 2. The minimum Gasteiger partial charge on any atom is -0.495 e. The number of ether oxygens (including phenoxy) is 1. The zero-order chi connectivity index (χ0) is 18.2. The van der Waals surface area contributed by atoms with E-state index in [2.05, 4.69) is 12.2 Å². The highest BCUT2D eigenvalue weighted by Gasteiger charge is 2.22. The van der Waals surface area contributed by atoms with E-state index in [1.165, 1.54) is 0 Å². The van der Waals surface area contributed by atoms with Crippen LogP contribution in [0, 0.1) is 5.92 Å². The van der Waals surface area contributed by atoms with Gasteiger partial charge in [0.05, 0.1) is 25.9 Å². The van der Waals surface area contributed by atoms with Crippen LogP contribution in [0.3, 0.4) is 0 Å². The lowest BCUT2D eigenvalue weighted by molar-refractivity contribution is -0.134. The van der Waals surface area contributed by atoms with Gasteiger partial charge < -0.3 is 15.0 Å². The minimum absolute atomic E-state index is 0.110. The van der Waals surface area contributed by atoms with Crippen LogP contribution < -0.4 is 10.1 Å². The average molecular weight is 347 g/mol. The van der Waals surface area contributed by atoms with E-state index in [4.69, 9.17) is 4.74 Å². The highest BCUT2D eigenvalue weighted by atomic mass is 16.5. The maximum absolute atomic E-state index is 12.4. The number of rotatable bonds is 7. The molecule has 6 heteroatoms. The number of piperidine rings is 1. The number of hydrogen-bond acceptors (Lipinski definition) is 4. The predicted molar refractivity (Wildman–Crippen MR) is 98.7 cm³/mol. The molecule has 0 aromatic heterocycles. The smallest absolute Gasteiger partial charge is 0.238 e. The van der Waals surface area contributed by atoms with Crippen molar-refractivity contribution >= 4 is 17.5 Å². The predicted octanol–water partition coefficient (Wildman–Crippen LogP) is 2.21. The molecule has 0 spiro atoms. The average Bonchev–Trinajstić information content (AvgIpc) is 2.62. The summed E-state index contributed by atoms with van der Waals surface area (Å²) < 4.78 is 5.24. The van der Waals surface area contributed by atoms with Crippen molar-refractivity contribution in [2.24, 2.45) is 5.92 Å². The summed E-state index contributed by atoms with van der Waals surface area (Å²) in [4.78, 5) is 28.5. The molecule has 6 nitrogen and oxygen atoms in total. The van der Waals surface area contributed by atoms with Gasteiger partial charge in [-0.25, -0.2) is 0 Å². The van der Waals surface area contributed by atoms with Crippen molar-refractivity contribution in [2.45, 2.75) is 26.7 Å². The van der Waals surface area contributed by atoms with E-state index in [0.717, 1.165) is 25.9 Å². The minimum atomic E-state index is -0.147. The van der Waals surface area contributed by atoms with Crippen LogP contribution in [0.15, 0.2) is 24.3 Å². The zero-order valence-corrected chi connectivity index (χ0v) is 15.5. The Kier molecular flexibility index (Phi) is 7.25. The summed E-state index contributed by atoms with van der Waals surface area (Å²) in [6.07, 6.45) is 2.12. The Morgan fingerprint density at radius 1 is 1.24 bits per heavy atom. The van der Waals surface area contributed by atoms with Gasteiger partial charge in [-0.05, 0) is 37.4 Å². The lowest BCUT2D eigenvalue weighted by Gasteiger charge is -2.32. The summed E-state index contributed by atoms with van der Waals surface area (Å²) in [7, 11) is 1.57. The van der Waals surface area contributed by atoms with Crippen LogP contribution >= 0.6 is 0 Å². The quantitative estimate of drug-likeness (QED) is 0.821. The molecule has 0 unspecified atom stereocenters. The van der Waals surface area contributed by atoms with E-state index in [9.17, 15) is 9.59 Å². The van der Waals surface area contributed by atoms with Crippen molar-refractivity contribution in [2.75, 3.05) is 45.2 Å². The topological polar surface area (TPSA) is 61.9 Å². The second-order valence-corrected chi connectivity index (χ2v) is 6.62. The molecular weight excluding hydrogens is 318 g/mol. The van der Waals surface area contributed by atoms with Gasteiger partial charge in [0.25, 0.3) is 0 Å². The number of nitrogens with zero attached hydrogens (tertiary/aromatic N) is 2. The molecule has 1 aromatic carbocycles. The number of likely N-dealkylation sites (tertiary alicyclic amines) is 1. The third-order valence-corrected chi connectivity index (χ3v) is 4.69. The van der Waals surface area contributed by atoms with Crippen molar-refractivity contribution in [3.05, 3.63) is 24.3 Å². The van der Waals surface area contributed by atoms with E-state index in [1.54, 1.807) is 19.2 Å². The van der Waals surface area contributed by atoms with Crippen LogP contribution in [0.1, 0.15) is 26.7 Å². The van der Waals surface area contributed by atoms with Gasteiger partial charge in [0.15, 0.2) is 0 Å². The highest BCUT2D eigenvalue weighted by molar-refractivity contribution is 5.94. The molecule has 0 radical (unpaired) electrons. The van der Waals surface area contributed by atoms with Gasteiger partial charge >= 0.3 is 0 Å². The van der Waals surface area contributed by atoms with Gasteiger partial charge in [-0.1, -0.05) is 26.0 Å². The third kappa shape index (κ3) is 5.74. The third-order valence-electron chi connectivity index (χ3n) is 4.69. The number of anilines is 1. The molecule has 25 heavy (non-hydrogen) atoms. The lowest BCUT2D eigenvalue weighted by atomic mass is 9.99. The SMILES string of the molecule is CCN(CC(=O)Nc1ccccc1OC)CC(=O)N1CCC(C)CC1. The number of nitrogens with one attached hydrogen (secondary N) is 1. The van der Waals surface area contributed by atoms with Crippen molar-refractivity contribution in [1.82, 2.24) is 9.80 Å². The summed E-state index contributed by atoms with van der Waals surface area (Å²) in [5, 5.41) is 2.85. The van der Waals surface area contributed by atoms with Crippen molar-refractivity contribution in [3.8, 4) is 5.75 Å². The van der Waals surface area contributed by atoms with E-state index in [1.807, 2.05) is 28.9 Å². The van der Waals surface area contributed by atoms with Crippen LogP contribution in [-0.2, 0) is 9.59 Å². The van der Waals surface area contributed by atoms with Gasteiger partial charge in [0.1, 0.15) is 5.75 Å². The van der Waals surface area contributed by atoms with E-state index >= 15 is 0 Å². The molecule has 138 valence electrons. The summed E-state index contributed by atoms with van der Waals surface area (Å²) >= 11 is 0. The molecule has 0 bridgehead atoms. The fraction of sp³-hybridized carbons (Fsp3) is 0.579. The molecule has 1 aliphatic rings. The molecule has 2 rings (SSSR count). The van der Waals surface area contributed by atoms with Crippen LogP contribution in [0.4, 0.5) is 5.69 Å². The fourth-order valence-corrected chi connectivity index (χ4v) is 2.97. The Hall–Kier alpha value is -2.08. The maximum atomic E-state index is 12.4. The molecule has 2 amide bonds. The lowest BCUT2D eigenvalue weighted by Crippen LogP contribution is -2.45. The van der Waals surface area contributed by atoms with Gasteiger partial charge in [0.2, 0.25) is 11.8 Å². The molecule has 0 atom stereocenters. The van der Waals surface area contributed by atoms with Crippen molar-refractivity contribution in [1.29, 1.82) is 0 Å². The monoisotopic (exact) mass is 347 g/mol. The Bertz CT molecular complexity index is 583. The summed E-state index contributed by atoms with van der Waals surface area (Å²) in [6, 6.07) is 7.29. The Morgan fingerprint density at radius 2 is 1.92 bits per heavy atom. The maximum Gasteiger partial charge on any atom is 0.238 e. The zero-order valence-electron chi connectivity index (χ0n) is 15.5. The number of carbonyl (C=O) groups is 2. The first-order chi connectivity index (χ1) is 12.0. The van der Waals surface area contributed by atoms with Crippen molar-refractivity contribution in [3.63, 3.8) is 0 Å². The second kappa shape index (κ2) is 9.42. The summed E-state index contributed by atoms with van der Waals surface area (Å²) in [5.41, 5.74) is 0.641. The first-order valence-corrected chi connectivity index (χ1v) is 8.96. The van der Waals surface area contributed by atoms with Gasteiger partial charge in [-0.15, -0.1) is 0 Å². The molecule has 0 aliphatic carbocycles. The highest BCUT2D eigenvalue weighted by Crippen LogP contribution is 2.22. The van der Waals surface area contributed by atoms with Gasteiger partial charge in [-0.3, -0.25) is 14.5 Å². The van der Waals surface area contributed by atoms with Crippen LogP contribution in [0.2, 0.25) is 0 Å². The number of methoxy groups -OCH3 is 1. The van der Waals surface area contributed by atoms with Crippen molar-refractivity contribution < 1.29 is 14.3 Å². The molecule has 1 fully saturated rings. The first kappa shape index (κ1) is 19.2. The largest absolute Gasteiger partial charge is 0.495 e. The molecule has 1 aromatic rings. The number of para-hydroxylation sites is 2. The number of hydrogen-bond donors (Lipinski definition) is 1. The van der Waals surface area contributed by atoms with Gasteiger partial charge in [0, 0.05) is 13.1 Å². The number of benzene rings is 1. The summed E-state index contributed by atoms with van der Waals surface area (Å²) in [5.74, 6) is 1.28. The number of likely N-dealkylation sites (N-methyl/N-ethyl adjacent to an activating group) is 1. The molecule has 0 saturated carbocycles. The number of amides is 2. The standard InChI is InChI=1S/C19H29N3O3/c1-4-21(14-19(24)22-11-9-15(2)10-12-22)13-18(23)20-16-7-5-6-8-17(16)25-3/h5-8,15H,4,9-14H2,1-3H3,(H,20,23). The fourth-order valence-electron chi connectivity index (χ4n) is 2.97. The summed E-state index contributed by atoms with van der Waals surface area (Å²) in [6.45, 7) is 6.95. The molecule has 1 aliphatic heterocycles. The normalized spacial score (nSPS) is 15.3. The van der Waals surface area contributed by atoms with E-state index in [-0.39, 0.29) is 24.9 Å². The molecular formula is C19H29N3O3. The van der Waals surface area contributed by atoms with E-state index in [0.29, 0.717) is 23.9 Å².